The summed E-state index contributed by atoms with van der Waals surface area (Å²) in [6.45, 7) is 6.13. The topological polar surface area (TPSA) is 29.1 Å². The number of amides is 1. The number of carbonyl (C=O) groups is 1. The summed E-state index contributed by atoms with van der Waals surface area (Å²) in [5, 5.41) is 2.96. The van der Waals surface area contributed by atoms with Crippen molar-refractivity contribution in [2.75, 3.05) is 5.32 Å². The SMILES string of the molecule is Cc1cc(C)c(NC(=O)c2ccccc2)cc1C. The highest BCUT2D eigenvalue weighted by molar-refractivity contribution is 6.04. The van der Waals surface area contributed by atoms with Crippen LogP contribution in [0.15, 0.2) is 42.5 Å². The lowest BCUT2D eigenvalue weighted by molar-refractivity contribution is 0.102. The third kappa shape index (κ3) is 2.59. The van der Waals surface area contributed by atoms with Gasteiger partial charge in [0.05, 0.1) is 0 Å². The van der Waals surface area contributed by atoms with Crippen molar-refractivity contribution in [1.82, 2.24) is 0 Å². The number of carbonyl (C=O) groups excluding carboxylic acids is 1. The van der Waals surface area contributed by atoms with Gasteiger partial charge in [-0.15, -0.1) is 0 Å². The Labute approximate surface area is 108 Å². The van der Waals surface area contributed by atoms with Crippen molar-refractivity contribution in [1.29, 1.82) is 0 Å². The molecule has 2 heteroatoms. The van der Waals surface area contributed by atoms with Gasteiger partial charge in [-0.1, -0.05) is 24.3 Å². The van der Waals surface area contributed by atoms with E-state index in [1.165, 1.54) is 11.1 Å². The van der Waals surface area contributed by atoms with Crippen molar-refractivity contribution in [3.63, 3.8) is 0 Å². The number of aryl methyl sites for hydroxylation is 3. The maximum Gasteiger partial charge on any atom is 0.255 e. The molecule has 0 aliphatic carbocycles. The quantitative estimate of drug-likeness (QED) is 0.847. The maximum atomic E-state index is 12.1. The number of rotatable bonds is 2. The van der Waals surface area contributed by atoms with Gasteiger partial charge < -0.3 is 5.32 Å². The number of nitrogens with one attached hydrogen (secondary N) is 1. The summed E-state index contributed by atoms with van der Waals surface area (Å²) in [4.78, 5) is 12.1. The highest BCUT2D eigenvalue weighted by Crippen LogP contribution is 2.20. The summed E-state index contributed by atoms with van der Waals surface area (Å²) in [6, 6.07) is 13.4. The molecule has 0 bridgehead atoms. The average Bonchev–Trinajstić information content (AvgIpc) is 2.37. The van der Waals surface area contributed by atoms with E-state index in [1.807, 2.05) is 50.2 Å². The van der Waals surface area contributed by atoms with Gasteiger partial charge in [-0.25, -0.2) is 0 Å². The Morgan fingerprint density at radius 1 is 0.889 bits per heavy atom. The largest absolute Gasteiger partial charge is 0.322 e. The fourth-order valence-electron chi connectivity index (χ4n) is 1.88. The lowest BCUT2D eigenvalue weighted by Gasteiger charge is -2.11. The van der Waals surface area contributed by atoms with E-state index in [2.05, 4.69) is 18.3 Å². The first-order valence-corrected chi connectivity index (χ1v) is 6.02. The molecule has 92 valence electrons. The van der Waals surface area contributed by atoms with Crippen LogP contribution in [0.1, 0.15) is 27.0 Å². The van der Waals surface area contributed by atoms with E-state index in [0.29, 0.717) is 5.56 Å². The van der Waals surface area contributed by atoms with Crippen LogP contribution in [0, 0.1) is 20.8 Å². The van der Waals surface area contributed by atoms with Gasteiger partial charge in [0, 0.05) is 11.3 Å². The summed E-state index contributed by atoms with van der Waals surface area (Å²) in [5.74, 6) is -0.0676. The maximum absolute atomic E-state index is 12.1. The van der Waals surface area contributed by atoms with E-state index in [4.69, 9.17) is 0 Å². The summed E-state index contributed by atoms with van der Waals surface area (Å²) >= 11 is 0. The summed E-state index contributed by atoms with van der Waals surface area (Å²) in [6.07, 6.45) is 0. The van der Waals surface area contributed by atoms with Gasteiger partial charge in [0.15, 0.2) is 0 Å². The van der Waals surface area contributed by atoms with Crippen LogP contribution in [0.2, 0.25) is 0 Å². The number of anilines is 1. The van der Waals surface area contributed by atoms with E-state index in [-0.39, 0.29) is 5.91 Å². The highest BCUT2D eigenvalue weighted by atomic mass is 16.1. The van der Waals surface area contributed by atoms with Crippen molar-refractivity contribution in [3.05, 3.63) is 64.7 Å². The number of hydrogen-bond donors (Lipinski definition) is 1. The van der Waals surface area contributed by atoms with Crippen molar-refractivity contribution < 1.29 is 4.79 Å². The van der Waals surface area contributed by atoms with Gasteiger partial charge >= 0.3 is 0 Å². The smallest absolute Gasteiger partial charge is 0.255 e. The zero-order valence-corrected chi connectivity index (χ0v) is 10.9. The molecule has 2 aromatic carbocycles. The molecule has 0 fully saturated rings. The van der Waals surface area contributed by atoms with E-state index in [9.17, 15) is 4.79 Å². The van der Waals surface area contributed by atoms with Gasteiger partial charge in [0.1, 0.15) is 0 Å². The molecule has 18 heavy (non-hydrogen) atoms. The molecule has 0 saturated heterocycles. The predicted octanol–water partition coefficient (Wildman–Crippen LogP) is 3.86. The van der Waals surface area contributed by atoms with Gasteiger partial charge in [-0.2, -0.15) is 0 Å². The fraction of sp³-hybridized carbons (Fsp3) is 0.188. The van der Waals surface area contributed by atoms with Gasteiger partial charge in [-0.3, -0.25) is 4.79 Å². The van der Waals surface area contributed by atoms with Crippen LogP contribution in [0.4, 0.5) is 5.69 Å². The standard InChI is InChI=1S/C16H17NO/c1-11-9-13(3)15(10-12(11)2)17-16(18)14-7-5-4-6-8-14/h4-10H,1-3H3,(H,17,18). The Bertz CT molecular complexity index is 573. The van der Waals surface area contributed by atoms with Crippen molar-refractivity contribution >= 4 is 11.6 Å². The van der Waals surface area contributed by atoms with Crippen LogP contribution in [0.25, 0.3) is 0 Å². The molecular formula is C16H17NO. The third-order valence-electron chi connectivity index (χ3n) is 3.12. The summed E-state index contributed by atoms with van der Waals surface area (Å²) in [7, 11) is 0. The zero-order chi connectivity index (χ0) is 13.1. The second-order valence-electron chi connectivity index (χ2n) is 4.57. The first-order valence-electron chi connectivity index (χ1n) is 6.02. The number of benzene rings is 2. The van der Waals surface area contributed by atoms with E-state index in [1.54, 1.807) is 0 Å². The zero-order valence-electron chi connectivity index (χ0n) is 10.9. The van der Waals surface area contributed by atoms with Gasteiger partial charge in [0.25, 0.3) is 5.91 Å². The predicted molar refractivity (Wildman–Crippen MR) is 75.0 cm³/mol. The average molecular weight is 239 g/mol. The molecule has 2 aromatic rings. The van der Waals surface area contributed by atoms with Crippen molar-refractivity contribution in [2.24, 2.45) is 0 Å². The molecule has 0 aliphatic rings. The Morgan fingerprint density at radius 2 is 1.50 bits per heavy atom. The van der Waals surface area contributed by atoms with Crippen LogP contribution in [0.5, 0.6) is 0 Å². The van der Waals surface area contributed by atoms with Crippen molar-refractivity contribution in [3.8, 4) is 0 Å². The first-order chi connectivity index (χ1) is 8.58. The Balaban J connectivity index is 2.25. The summed E-state index contributed by atoms with van der Waals surface area (Å²) < 4.78 is 0. The summed E-state index contributed by atoms with van der Waals surface area (Å²) in [5.41, 5.74) is 5.07. The van der Waals surface area contributed by atoms with Crippen LogP contribution in [-0.4, -0.2) is 5.91 Å². The minimum atomic E-state index is -0.0676. The molecule has 0 unspecified atom stereocenters. The van der Waals surface area contributed by atoms with Gasteiger partial charge in [-0.05, 0) is 55.7 Å². The van der Waals surface area contributed by atoms with Crippen LogP contribution >= 0.6 is 0 Å². The molecule has 0 radical (unpaired) electrons. The third-order valence-corrected chi connectivity index (χ3v) is 3.12. The first kappa shape index (κ1) is 12.4. The Kier molecular flexibility index (Phi) is 3.47. The molecule has 0 heterocycles. The highest BCUT2D eigenvalue weighted by Gasteiger charge is 2.08. The Hall–Kier alpha value is -2.09. The minimum Gasteiger partial charge on any atom is -0.322 e. The molecule has 0 atom stereocenters. The molecule has 1 amide bonds. The number of hydrogen-bond acceptors (Lipinski definition) is 1. The molecule has 0 aromatic heterocycles. The minimum absolute atomic E-state index is 0.0676. The molecular weight excluding hydrogens is 222 g/mol. The van der Waals surface area contributed by atoms with Crippen LogP contribution in [0.3, 0.4) is 0 Å². The van der Waals surface area contributed by atoms with Gasteiger partial charge in [0.2, 0.25) is 0 Å². The second-order valence-corrected chi connectivity index (χ2v) is 4.57. The molecule has 2 rings (SSSR count). The van der Waals surface area contributed by atoms with E-state index < -0.39 is 0 Å². The van der Waals surface area contributed by atoms with Crippen LogP contribution in [-0.2, 0) is 0 Å². The monoisotopic (exact) mass is 239 g/mol. The van der Waals surface area contributed by atoms with Crippen LogP contribution < -0.4 is 5.32 Å². The Morgan fingerprint density at radius 3 is 2.17 bits per heavy atom. The second kappa shape index (κ2) is 5.05. The fourth-order valence-corrected chi connectivity index (χ4v) is 1.88. The normalized spacial score (nSPS) is 10.2. The molecule has 0 aliphatic heterocycles. The van der Waals surface area contributed by atoms with E-state index in [0.717, 1.165) is 11.3 Å². The molecule has 0 spiro atoms. The lowest BCUT2D eigenvalue weighted by Crippen LogP contribution is -2.12. The lowest BCUT2D eigenvalue weighted by atomic mass is 10.0. The van der Waals surface area contributed by atoms with E-state index >= 15 is 0 Å². The molecule has 2 nitrogen and oxygen atoms in total. The molecule has 0 saturated carbocycles. The van der Waals surface area contributed by atoms with Crippen molar-refractivity contribution in [2.45, 2.75) is 20.8 Å². The molecule has 1 N–H and O–H groups in total.